The van der Waals surface area contributed by atoms with Gasteiger partial charge in [-0.15, -0.1) is 0 Å². The van der Waals surface area contributed by atoms with Gasteiger partial charge < -0.3 is 15.4 Å². The highest BCUT2D eigenvalue weighted by Crippen LogP contribution is 2.27. The summed E-state index contributed by atoms with van der Waals surface area (Å²) >= 11 is 0. The standard InChI is InChI=1S/C24H29N5O4/c1-24(2,3)21-15-22(28(27-21)16-17-8-6-5-7-9-17)26-23(30)18-10-11-19(25-12-13-33-4)20(14-18)29(31)32/h5-11,14-15,25H,12-13,16H2,1-4H3,(H,26,30). The molecule has 33 heavy (non-hydrogen) atoms. The third-order valence-corrected chi connectivity index (χ3v) is 5.04. The van der Waals surface area contributed by atoms with Crippen molar-refractivity contribution >= 4 is 23.1 Å². The molecule has 2 aromatic carbocycles. The Balaban J connectivity index is 1.87. The summed E-state index contributed by atoms with van der Waals surface area (Å²) in [5, 5.41) is 22.1. The van der Waals surface area contributed by atoms with Crippen molar-refractivity contribution in [3.8, 4) is 0 Å². The molecule has 0 unspecified atom stereocenters. The van der Waals surface area contributed by atoms with Crippen LogP contribution in [0.2, 0.25) is 0 Å². The van der Waals surface area contributed by atoms with Crippen LogP contribution in [0.3, 0.4) is 0 Å². The zero-order valence-corrected chi connectivity index (χ0v) is 19.3. The molecule has 0 fully saturated rings. The average molecular weight is 452 g/mol. The predicted octanol–water partition coefficient (Wildman–Crippen LogP) is 4.45. The number of carbonyl (C=O) groups is 1. The molecule has 2 N–H and O–H groups in total. The highest BCUT2D eigenvalue weighted by atomic mass is 16.6. The highest BCUT2D eigenvalue weighted by Gasteiger charge is 2.22. The van der Waals surface area contributed by atoms with E-state index in [2.05, 4.69) is 10.6 Å². The van der Waals surface area contributed by atoms with Crippen LogP contribution < -0.4 is 10.6 Å². The van der Waals surface area contributed by atoms with Crippen molar-refractivity contribution in [3.05, 3.63) is 81.5 Å². The Kier molecular flexibility index (Phi) is 7.44. The zero-order chi connectivity index (χ0) is 24.0. The zero-order valence-electron chi connectivity index (χ0n) is 19.3. The lowest BCUT2D eigenvalue weighted by atomic mass is 9.92. The van der Waals surface area contributed by atoms with E-state index in [9.17, 15) is 14.9 Å². The van der Waals surface area contributed by atoms with Crippen LogP contribution in [-0.4, -0.2) is 40.9 Å². The summed E-state index contributed by atoms with van der Waals surface area (Å²) in [4.78, 5) is 24.0. The number of nitro groups is 1. The normalized spacial score (nSPS) is 11.3. The molecule has 0 bridgehead atoms. The van der Waals surface area contributed by atoms with Crippen LogP contribution in [0.25, 0.3) is 0 Å². The van der Waals surface area contributed by atoms with Crippen LogP contribution in [0.15, 0.2) is 54.6 Å². The molecule has 9 nitrogen and oxygen atoms in total. The van der Waals surface area contributed by atoms with Gasteiger partial charge in [0, 0.05) is 36.8 Å². The topological polar surface area (TPSA) is 111 Å². The first kappa shape index (κ1) is 23.9. The van der Waals surface area contributed by atoms with Crippen LogP contribution in [0.5, 0.6) is 0 Å². The molecule has 3 aromatic rings. The predicted molar refractivity (Wildman–Crippen MR) is 128 cm³/mol. The van der Waals surface area contributed by atoms with Gasteiger partial charge in [0.25, 0.3) is 11.6 Å². The van der Waals surface area contributed by atoms with Crippen molar-refractivity contribution < 1.29 is 14.5 Å². The summed E-state index contributed by atoms with van der Waals surface area (Å²) in [6, 6.07) is 16.0. The summed E-state index contributed by atoms with van der Waals surface area (Å²) in [6.07, 6.45) is 0. The van der Waals surface area contributed by atoms with E-state index < -0.39 is 10.8 Å². The summed E-state index contributed by atoms with van der Waals surface area (Å²) in [6.45, 7) is 7.44. The van der Waals surface area contributed by atoms with Gasteiger partial charge in [-0.25, -0.2) is 4.68 Å². The van der Waals surface area contributed by atoms with E-state index in [1.807, 2.05) is 57.2 Å². The number of nitro benzene ring substituents is 1. The van der Waals surface area contributed by atoms with Crippen LogP contribution in [0.4, 0.5) is 17.2 Å². The quantitative estimate of drug-likeness (QED) is 0.282. The van der Waals surface area contributed by atoms with Gasteiger partial charge in [-0.2, -0.15) is 5.10 Å². The number of aromatic nitrogens is 2. The maximum Gasteiger partial charge on any atom is 0.293 e. The molecule has 174 valence electrons. The number of ether oxygens (including phenoxy) is 1. The van der Waals surface area contributed by atoms with E-state index in [0.717, 1.165) is 11.3 Å². The first-order valence-corrected chi connectivity index (χ1v) is 10.6. The molecule has 3 rings (SSSR count). The SMILES string of the molecule is COCCNc1ccc(C(=O)Nc2cc(C(C)(C)C)nn2Cc2ccccc2)cc1[N+](=O)[O-]. The highest BCUT2D eigenvalue weighted by molar-refractivity contribution is 6.04. The second kappa shape index (κ2) is 10.3. The molecule has 0 aliphatic rings. The number of hydrogen-bond donors (Lipinski definition) is 2. The lowest BCUT2D eigenvalue weighted by Gasteiger charge is -2.14. The second-order valence-corrected chi connectivity index (χ2v) is 8.67. The van der Waals surface area contributed by atoms with Crippen molar-refractivity contribution in [2.24, 2.45) is 0 Å². The first-order valence-electron chi connectivity index (χ1n) is 10.6. The third kappa shape index (κ3) is 6.17. The minimum absolute atomic E-state index is 0.174. The molecule has 9 heteroatoms. The lowest BCUT2D eigenvalue weighted by molar-refractivity contribution is -0.384. The van der Waals surface area contributed by atoms with Crippen LogP contribution in [0.1, 0.15) is 42.4 Å². The van der Waals surface area contributed by atoms with Crippen molar-refractivity contribution in [2.75, 3.05) is 30.9 Å². The molecular weight excluding hydrogens is 422 g/mol. The molecule has 0 aliphatic carbocycles. The Labute approximate surface area is 192 Å². The van der Waals surface area contributed by atoms with Gasteiger partial charge in [-0.05, 0) is 17.7 Å². The molecule has 0 atom stereocenters. The monoisotopic (exact) mass is 451 g/mol. The Morgan fingerprint density at radius 3 is 2.52 bits per heavy atom. The molecule has 0 radical (unpaired) electrons. The molecule has 1 aromatic heterocycles. The fourth-order valence-corrected chi connectivity index (χ4v) is 3.21. The van der Waals surface area contributed by atoms with Crippen molar-refractivity contribution in [1.29, 1.82) is 0 Å². The average Bonchev–Trinajstić information content (AvgIpc) is 3.17. The van der Waals surface area contributed by atoms with Crippen molar-refractivity contribution in [2.45, 2.75) is 32.7 Å². The number of benzene rings is 2. The molecule has 1 amide bonds. The fourth-order valence-electron chi connectivity index (χ4n) is 3.21. The lowest BCUT2D eigenvalue weighted by Crippen LogP contribution is -2.17. The van der Waals surface area contributed by atoms with Crippen LogP contribution in [-0.2, 0) is 16.7 Å². The summed E-state index contributed by atoms with van der Waals surface area (Å²) in [5.74, 6) is 0.0786. The van der Waals surface area contributed by atoms with E-state index >= 15 is 0 Å². The summed E-state index contributed by atoms with van der Waals surface area (Å²) in [5.41, 5.74) is 2.00. The summed E-state index contributed by atoms with van der Waals surface area (Å²) < 4.78 is 6.71. The van der Waals surface area contributed by atoms with Crippen molar-refractivity contribution in [1.82, 2.24) is 9.78 Å². The minimum Gasteiger partial charge on any atom is -0.383 e. The molecule has 0 spiro atoms. The first-order chi connectivity index (χ1) is 15.7. The maximum absolute atomic E-state index is 13.0. The van der Waals surface area contributed by atoms with Crippen LogP contribution >= 0.6 is 0 Å². The maximum atomic E-state index is 13.0. The smallest absolute Gasteiger partial charge is 0.293 e. The third-order valence-electron chi connectivity index (χ3n) is 5.04. The number of methoxy groups -OCH3 is 1. The molecule has 0 saturated carbocycles. The Morgan fingerprint density at radius 2 is 1.88 bits per heavy atom. The van der Waals surface area contributed by atoms with E-state index in [-0.39, 0.29) is 16.7 Å². The minimum atomic E-state index is -0.511. The second-order valence-electron chi connectivity index (χ2n) is 8.67. The number of nitrogens with zero attached hydrogens (tertiary/aromatic N) is 3. The largest absolute Gasteiger partial charge is 0.383 e. The van der Waals surface area contributed by atoms with E-state index in [4.69, 9.17) is 9.84 Å². The number of anilines is 2. The Hall–Kier alpha value is -3.72. The van der Waals surface area contributed by atoms with E-state index in [0.29, 0.717) is 31.2 Å². The molecule has 0 saturated heterocycles. The van der Waals surface area contributed by atoms with Gasteiger partial charge in [0.05, 0.1) is 23.8 Å². The number of amides is 1. The number of rotatable bonds is 9. The van der Waals surface area contributed by atoms with Crippen molar-refractivity contribution in [3.63, 3.8) is 0 Å². The number of carbonyl (C=O) groups excluding carboxylic acids is 1. The van der Waals surface area contributed by atoms with Gasteiger partial charge in [0.1, 0.15) is 11.5 Å². The van der Waals surface area contributed by atoms with Gasteiger partial charge in [-0.3, -0.25) is 14.9 Å². The van der Waals surface area contributed by atoms with Gasteiger partial charge in [0.15, 0.2) is 0 Å². The van der Waals surface area contributed by atoms with E-state index in [1.165, 1.54) is 12.1 Å². The molecule has 0 aliphatic heterocycles. The van der Waals surface area contributed by atoms with E-state index in [1.54, 1.807) is 17.9 Å². The van der Waals surface area contributed by atoms with Gasteiger partial charge in [0.2, 0.25) is 0 Å². The molecular formula is C24H29N5O4. The summed E-state index contributed by atoms with van der Waals surface area (Å²) in [7, 11) is 1.55. The number of nitrogens with one attached hydrogen (secondary N) is 2. The molecule has 1 heterocycles. The number of hydrogen-bond acceptors (Lipinski definition) is 6. The Morgan fingerprint density at radius 1 is 1.15 bits per heavy atom. The van der Waals surface area contributed by atoms with Gasteiger partial charge in [-0.1, -0.05) is 51.1 Å². The van der Waals surface area contributed by atoms with Crippen LogP contribution in [0, 0.1) is 10.1 Å². The fraction of sp³-hybridized carbons (Fsp3) is 0.333. The Bertz CT molecular complexity index is 1120. The van der Waals surface area contributed by atoms with Gasteiger partial charge >= 0.3 is 0 Å².